The molecular formula is C22H16N2. The zero-order valence-electron chi connectivity index (χ0n) is 13.4. The van der Waals surface area contributed by atoms with Crippen molar-refractivity contribution in [3.8, 4) is 11.3 Å². The summed E-state index contributed by atoms with van der Waals surface area (Å²) in [7, 11) is 0. The smallest absolute Gasteiger partial charge is 0.0934 e. The van der Waals surface area contributed by atoms with Crippen LogP contribution in [0.2, 0.25) is 0 Å². The van der Waals surface area contributed by atoms with Crippen LogP contribution in [0.4, 0.5) is 0 Å². The van der Waals surface area contributed by atoms with E-state index in [1.165, 1.54) is 32.8 Å². The van der Waals surface area contributed by atoms with Gasteiger partial charge in [-0.25, -0.2) is 4.52 Å². The zero-order valence-corrected chi connectivity index (χ0v) is 13.4. The first-order chi connectivity index (χ1) is 11.8. The van der Waals surface area contributed by atoms with E-state index in [2.05, 4.69) is 78.2 Å². The fourth-order valence-corrected chi connectivity index (χ4v) is 3.51. The highest BCUT2D eigenvalue weighted by Gasteiger charge is 2.13. The minimum absolute atomic E-state index is 1.03. The number of hydrogen-bond donors (Lipinski definition) is 0. The van der Waals surface area contributed by atoms with Gasteiger partial charge in [0, 0.05) is 16.3 Å². The van der Waals surface area contributed by atoms with Crippen LogP contribution in [0.25, 0.3) is 38.4 Å². The lowest BCUT2D eigenvalue weighted by atomic mass is 10.0. The van der Waals surface area contributed by atoms with Crippen LogP contribution in [0.15, 0.2) is 78.9 Å². The molecule has 0 fully saturated rings. The average molecular weight is 308 g/mol. The van der Waals surface area contributed by atoms with Crippen LogP contribution >= 0.6 is 0 Å². The molecular weight excluding hydrogens is 292 g/mol. The predicted octanol–water partition coefficient (Wildman–Crippen LogP) is 5.62. The van der Waals surface area contributed by atoms with Gasteiger partial charge in [-0.2, -0.15) is 5.10 Å². The van der Waals surface area contributed by atoms with Crippen molar-refractivity contribution < 1.29 is 0 Å². The average Bonchev–Trinajstić information content (AvgIpc) is 3.01. The van der Waals surface area contributed by atoms with Crippen LogP contribution in [0.5, 0.6) is 0 Å². The van der Waals surface area contributed by atoms with Crippen molar-refractivity contribution >= 4 is 27.2 Å². The molecule has 0 saturated heterocycles. The summed E-state index contributed by atoms with van der Waals surface area (Å²) in [5, 5.41) is 8.58. The molecule has 0 unspecified atom stereocenters. The SMILES string of the molecule is Cc1ccc2c(c1)cc(-c1ccccc1)n1nc3ccccc3c21. The van der Waals surface area contributed by atoms with Crippen LogP contribution in [-0.2, 0) is 0 Å². The Hall–Kier alpha value is -3.13. The number of fused-ring (bicyclic) bond motifs is 5. The summed E-state index contributed by atoms with van der Waals surface area (Å²) < 4.78 is 2.09. The van der Waals surface area contributed by atoms with E-state index in [0.29, 0.717) is 0 Å². The van der Waals surface area contributed by atoms with Crippen molar-refractivity contribution in [2.24, 2.45) is 0 Å². The first kappa shape index (κ1) is 13.3. The Morgan fingerprint density at radius 1 is 0.750 bits per heavy atom. The Balaban J connectivity index is 2.05. The number of aromatic nitrogens is 2. The lowest BCUT2D eigenvalue weighted by molar-refractivity contribution is 0.996. The largest absolute Gasteiger partial charge is 0.231 e. The van der Waals surface area contributed by atoms with Crippen LogP contribution in [0, 0.1) is 6.92 Å². The first-order valence-electron chi connectivity index (χ1n) is 8.17. The van der Waals surface area contributed by atoms with Gasteiger partial charge in [0.2, 0.25) is 0 Å². The maximum atomic E-state index is 4.88. The summed E-state index contributed by atoms with van der Waals surface area (Å²) in [6.45, 7) is 2.14. The van der Waals surface area contributed by atoms with Gasteiger partial charge in [-0.3, -0.25) is 0 Å². The number of aryl methyl sites for hydroxylation is 1. The second-order valence-corrected chi connectivity index (χ2v) is 6.26. The van der Waals surface area contributed by atoms with Crippen LogP contribution in [0.3, 0.4) is 0 Å². The Bertz CT molecular complexity index is 1200. The second kappa shape index (κ2) is 4.93. The van der Waals surface area contributed by atoms with Gasteiger partial charge in [-0.15, -0.1) is 0 Å². The van der Waals surface area contributed by atoms with Gasteiger partial charge in [0.1, 0.15) is 0 Å². The summed E-state index contributed by atoms with van der Waals surface area (Å²) in [5.41, 5.74) is 5.79. The van der Waals surface area contributed by atoms with Gasteiger partial charge < -0.3 is 0 Å². The molecule has 2 heteroatoms. The molecule has 0 aliphatic rings. The van der Waals surface area contributed by atoms with Gasteiger partial charge in [0.25, 0.3) is 0 Å². The third kappa shape index (κ3) is 1.86. The lowest BCUT2D eigenvalue weighted by Crippen LogP contribution is -1.95. The molecule has 0 saturated carbocycles. The van der Waals surface area contributed by atoms with Crippen LogP contribution in [-0.4, -0.2) is 9.61 Å². The molecule has 24 heavy (non-hydrogen) atoms. The normalized spacial score (nSPS) is 11.5. The molecule has 0 bridgehead atoms. The van der Waals surface area contributed by atoms with E-state index in [1.807, 2.05) is 12.1 Å². The highest BCUT2D eigenvalue weighted by molar-refractivity contribution is 6.10. The van der Waals surface area contributed by atoms with Crippen LogP contribution < -0.4 is 0 Å². The van der Waals surface area contributed by atoms with Gasteiger partial charge in [0.15, 0.2) is 0 Å². The van der Waals surface area contributed by atoms with Crippen molar-refractivity contribution in [1.82, 2.24) is 9.61 Å². The maximum absolute atomic E-state index is 4.88. The molecule has 2 nitrogen and oxygen atoms in total. The molecule has 114 valence electrons. The quantitative estimate of drug-likeness (QED) is 0.393. The lowest BCUT2D eigenvalue weighted by Gasteiger charge is -2.09. The van der Waals surface area contributed by atoms with Gasteiger partial charge in [-0.1, -0.05) is 72.3 Å². The molecule has 5 aromatic rings. The van der Waals surface area contributed by atoms with E-state index in [0.717, 1.165) is 11.2 Å². The molecule has 2 aromatic heterocycles. The third-order valence-corrected chi connectivity index (χ3v) is 4.63. The van der Waals surface area contributed by atoms with E-state index in [9.17, 15) is 0 Å². The van der Waals surface area contributed by atoms with Gasteiger partial charge >= 0.3 is 0 Å². The molecule has 0 aliphatic carbocycles. The highest BCUT2D eigenvalue weighted by atomic mass is 15.2. The Morgan fingerprint density at radius 2 is 1.54 bits per heavy atom. The Kier molecular flexibility index (Phi) is 2.74. The van der Waals surface area contributed by atoms with E-state index in [-0.39, 0.29) is 0 Å². The standard InChI is InChI=1S/C22H16N2/c1-15-11-12-18-17(13-15)14-21(16-7-3-2-4-8-16)24-22(18)19-9-5-6-10-20(19)23-24/h2-14H,1H3. The maximum Gasteiger partial charge on any atom is 0.0934 e. The molecule has 0 amide bonds. The molecule has 0 aliphatic heterocycles. The molecule has 5 rings (SSSR count). The summed E-state index contributed by atoms with van der Waals surface area (Å²) in [6, 6.07) is 27.7. The number of benzene rings is 3. The number of rotatable bonds is 1. The summed E-state index contributed by atoms with van der Waals surface area (Å²) in [5.74, 6) is 0. The Labute approximate surface area is 140 Å². The minimum atomic E-state index is 1.03. The zero-order chi connectivity index (χ0) is 16.1. The Morgan fingerprint density at radius 3 is 2.42 bits per heavy atom. The van der Waals surface area contributed by atoms with Crippen LogP contribution in [0.1, 0.15) is 5.56 Å². The predicted molar refractivity (Wildman–Crippen MR) is 100 cm³/mol. The summed E-state index contributed by atoms with van der Waals surface area (Å²) >= 11 is 0. The fourth-order valence-electron chi connectivity index (χ4n) is 3.51. The molecule has 0 N–H and O–H groups in total. The van der Waals surface area contributed by atoms with Crippen molar-refractivity contribution in [1.29, 1.82) is 0 Å². The number of hydrogen-bond acceptors (Lipinski definition) is 1. The third-order valence-electron chi connectivity index (χ3n) is 4.63. The second-order valence-electron chi connectivity index (χ2n) is 6.26. The summed E-state index contributed by atoms with van der Waals surface area (Å²) in [6.07, 6.45) is 0. The van der Waals surface area contributed by atoms with Crippen molar-refractivity contribution in [2.45, 2.75) is 6.92 Å². The minimum Gasteiger partial charge on any atom is -0.231 e. The van der Waals surface area contributed by atoms with Crippen molar-refractivity contribution in [3.05, 3.63) is 84.4 Å². The van der Waals surface area contributed by atoms with Crippen molar-refractivity contribution in [3.63, 3.8) is 0 Å². The van der Waals surface area contributed by atoms with Crippen molar-refractivity contribution in [2.75, 3.05) is 0 Å². The summed E-state index contributed by atoms with van der Waals surface area (Å²) in [4.78, 5) is 0. The molecule has 0 spiro atoms. The van der Waals surface area contributed by atoms with E-state index >= 15 is 0 Å². The first-order valence-corrected chi connectivity index (χ1v) is 8.17. The molecule has 2 heterocycles. The van der Waals surface area contributed by atoms with E-state index in [1.54, 1.807) is 0 Å². The monoisotopic (exact) mass is 308 g/mol. The molecule has 0 radical (unpaired) electrons. The van der Waals surface area contributed by atoms with Gasteiger partial charge in [-0.05, 0) is 24.4 Å². The number of pyridine rings is 1. The van der Waals surface area contributed by atoms with Gasteiger partial charge in [0.05, 0.1) is 16.7 Å². The number of nitrogens with zero attached hydrogens (tertiary/aromatic N) is 2. The highest BCUT2D eigenvalue weighted by Crippen LogP contribution is 2.33. The van der Waals surface area contributed by atoms with E-state index < -0.39 is 0 Å². The fraction of sp³-hybridized carbons (Fsp3) is 0.0455. The van der Waals surface area contributed by atoms with E-state index in [4.69, 9.17) is 5.10 Å². The molecule has 0 atom stereocenters. The molecule has 3 aromatic carbocycles. The topological polar surface area (TPSA) is 17.3 Å².